The second-order valence-electron chi connectivity index (χ2n) is 8.09. The maximum atomic E-state index is 13.2. The summed E-state index contributed by atoms with van der Waals surface area (Å²) in [5.74, 6) is -0.0162. The van der Waals surface area contributed by atoms with Crippen LogP contribution in [0.4, 0.5) is 0 Å². The molecule has 1 atom stereocenters. The third-order valence-electron chi connectivity index (χ3n) is 5.75. The summed E-state index contributed by atoms with van der Waals surface area (Å²) in [6.07, 6.45) is 4.13. The summed E-state index contributed by atoms with van der Waals surface area (Å²) in [6.45, 7) is 3.43. The van der Waals surface area contributed by atoms with E-state index in [2.05, 4.69) is 5.32 Å². The van der Waals surface area contributed by atoms with Gasteiger partial charge < -0.3 is 15.0 Å². The number of carbonyl (C=O) groups is 2. The van der Waals surface area contributed by atoms with Crippen molar-refractivity contribution in [2.45, 2.75) is 58.2 Å². The molecule has 0 aromatic heterocycles. The minimum Gasteiger partial charge on any atom is -0.484 e. The van der Waals surface area contributed by atoms with Gasteiger partial charge in [0.1, 0.15) is 11.8 Å². The number of halogens is 3. The first kappa shape index (κ1) is 24.7. The Morgan fingerprint density at radius 3 is 2.38 bits per heavy atom. The van der Waals surface area contributed by atoms with Gasteiger partial charge in [-0.2, -0.15) is 0 Å². The number of aryl methyl sites for hydroxylation is 1. The minimum absolute atomic E-state index is 0.0968. The van der Waals surface area contributed by atoms with Crippen LogP contribution in [0.1, 0.15) is 43.7 Å². The van der Waals surface area contributed by atoms with E-state index in [-0.39, 0.29) is 31.0 Å². The molecule has 2 aromatic carbocycles. The van der Waals surface area contributed by atoms with Crippen LogP contribution in [0.15, 0.2) is 36.4 Å². The summed E-state index contributed by atoms with van der Waals surface area (Å²) < 4.78 is 5.70. The fourth-order valence-corrected chi connectivity index (χ4v) is 4.40. The molecule has 1 aliphatic rings. The van der Waals surface area contributed by atoms with Gasteiger partial charge in [-0.1, -0.05) is 53.7 Å². The van der Waals surface area contributed by atoms with Crippen LogP contribution in [0.25, 0.3) is 0 Å². The zero-order valence-electron chi connectivity index (χ0n) is 18.2. The molecule has 0 heterocycles. The Labute approximate surface area is 204 Å². The van der Waals surface area contributed by atoms with Gasteiger partial charge >= 0.3 is 0 Å². The number of hydrogen-bond donors (Lipinski definition) is 1. The summed E-state index contributed by atoms with van der Waals surface area (Å²) in [5.41, 5.74) is 1.44. The number of nitrogens with zero attached hydrogens (tertiary/aromatic N) is 1. The highest BCUT2D eigenvalue weighted by atomic mass is 35.5. The zero-order valence-corrected chi connectivity index (χ0v) is 20.4. The molecule has 5 nitrogen and oxygen atoms in total. The Balaban J connectivity index is 1.77. The standard InChI is InChI=1S/C24H27Cl3N2O3/c1-15-12-18(10-11-20(15)25)32-14-23(30)29(13-19-21(26)8-5-9-22(19)27)16(2)24(31)28-17-6-3-4-7-17/h5,8-12,16-17H,3-4,6-7,13-14H2,1-2H3,(H,28,31)/t16-/m0/s1. The molecule has 1 aliphatic carbocycles. The van der Waals surface area contributed by atoms with E-state index in [4.69, 9.17) is 39.5 Å². The van der Waals surface area contributed by atoms with Crippen molar-refractivity contribution < 1.29 is 14.3 Å². The molecule has 3 rings (SSSR count). The second kappa shape index (κ2) is 11.3. The quantitative estimate of drug-likeness (QED) is 0.501. The molecule has 8 heteroatoms. The van der Waals surface area contributed by atoms with Crippen LogP contribution in [0.5, 0.6) is 5.75 Å². The van der Waals surface area contributed by atoms with Crippen molar-refractivity contribution in [2.24, 2.45) is 0 Å². The molecule has 0 unspecified atom stereocenters. The number of ether oxygens (including phenoxy) is 1. The first-order valence-corrected chi connectivity index (χ1v) is 11.8. The van der Waals surface area contributed by atoms with Crippen molar-refractivity contribution in [2.75, 3.05) is 6.61 Å². The average Bonchev–Trinajstić information content (AvgIpc) is 3.27. The topological polar surface area (TPSA) is 58.6 Å². The predicted molar refractivity (Wildman–Crippen MR) is 129 cm³/mol. The first-order chi connectivity index (χ1) is 15.3. The summed E-state index contributed by atoms with van der Waals surface area (Å²) in [7, 11) is 0. The second-order valence-corrected chi connectivity index (χ2v) is 9.31. The highest BCUT2D eigenvalue weighted by Gasteiger charge is 2.29. The Bertz CT molecular complexity index is 957. The fraction of sp³-hybridized carbons (Fsp3) is 0.417. The molecule has 1 saturated carbocycles. The summed E-state index contributed by atoms with van der Waals surface area (Å²) in [4.78, 5) is 27.6. The van der Waals surface area contributed by atoms with E-state index in [1.54, 1.807) is 43.3 Å². The number of benzene rings is 2. The summed E-state index contributed by atoms with van der Waals surface area (Å²) in [6, 6.07) is 9.78. The molecule has 172 valence electrons. The minimum atomic E-state index is -0.717. The Morgan fingerprint density at radius 1 is 1.09 bits per heavy atom. The van der Waals surface area contributed by atoms with Crippen LogP contribution in [-0.2, 0) is 16.1 Å². The van der Waals surface area contributed by atoms with Crippen LogP contribution in [0.2, 0.25) is 15.1 Å². The normalized spacial score (nSPS) is 14.8. The van der Waals surface area contributed by atoms with Gasteiger partial charge in [-0.15, -0.1) is 0 Å². The lowest BCUT2D eigenvalue weighted by Crippen LogP contribution is -2.50. The molecule has 0 aliphatic heterocycles. The van der Waals surface area contributed by atoms with E-state index in [0.29, 0.717) is 26.4 Å². The van der Waals surface area contributed by atoms with Gasteiger partial charge in [0, 0.05) is 33.2 Å². The molecule has 2 aromatic rings. The SMILES string of the molecule is Cc1cc(OCC(=O)N(Cc2c(Cl)cccc2Cl)[C@@H](C)C(=O)NC2CCCC2)ccc1Cl. The molecule has 1 fully saturated rings. The number of nitrogens with one attached hydrogen (secondary N) is 1. The van der Waals surface area contributed by atoms with E-state index in [1.165, 1.54) is 4.90 Å². The number of carbonyl (C=O) groups excluding carboxylic acids is 2. The molecule has 1 N–H and O–H groups in total. The van der Waals surface area contributed by atoms with Crippen molar-refractivity contribution in [1.29, 1.82) is 0 Å². The van der Waals surface area contributed by atoms with Gasteiger partial charge in [0.25, 0.3) is 5.91 Å². The van der Waals surface area contributed by atoms with Gasteiger partial charge in [-0.25, -0.2) is 0 Å². The van der Waals surface area contributed by atoms with Crippen LogP contribution in [0.3, 0.4) is 0 Å². The highest BCUT2D eigenvalue weighted by molar-refractivity contribution is 6.36. The van der Waals surface area contributed by atoms with Crippen molar-refractivity contribution in [3.05, 3.63) is 62.6 Å². The molecule has 2 amide bonds. The van der Waals surface area contributed by atoms with E-state index in [1.807, 2.05) is 6.92 Å². The number of amides is 2. The van der Waals surface area contributed by atoms with Gasteiger partial charge in [-0.3, -0.25) is 9.59 Å². The van der Waals surface area contributed by atoms with Gasteiger partial charge in [-0.05, 0) is 62.6 Å². The van der Waals surface area contributed by atoms with E-state index in [9.17, 15) is 9.59 Å². The van der Waals surface area contributed by atoms with Gasteiger partial charge in [0.05, 0.1) is 0 Å². The summed E-state index contributed by atoms with van der Waals surface area (Å²) >= 11 is 18.7. The molecule has 0 spiro atoms. The fourth-order valence-electron chi connectivity index (χ4n) is 3.76. The highest BCUT2D eigenvalue weighted by Crippen LogP contribution is 2.27. The van der Waals surface area contributed by atoms with Crippen molar-refractivity contribution in [1.82, 2.24) is 10.2 Å². The molecule has 0 bridgehead atoms. The van der Waals surface area contributed by atoms with Crippen molar-refractivity contribution in [3.8, 4) is 5.75 Å². The van der Waals surface area contributed by atoms with Crippen molar-refractivity contribution >= 4 is 46.6 Å². The van der Waals surface area contributed by atoms with E-state index < -0.39 is 6.04 Å². The van der Waals surface area contributed by atoms with E-state index >= 15 is 0 Å². The maximum absolute atomic E-state index is 13.2. The lowest BCUT2D eigenvalue weighted by Gasteiger charge is -2.30. The van der Waals surface area contributed by atoms with Crippen molar-refractivity contribution in [3.63, 3.8) is 0 Å². The smallest absolute Gasteiger partial charge is 0.261 e. The average molecular weight is 498 g/mol. The molecular formula is C24H27Cl3N2O3. The van der Waals surface area contributed by atoms with Gasteiger partial charge in [0.2, 0.25) is 5.91 Å². The summed E-state index contributed by atoms with van der Waals surface area (Å²) in [5, 5.41) is 4.56. The Morgan fingerprint density at radius 2 is 1.75 bits per heavy atom. The Kier molecular flexibility index (Phi) is 8.69. The maximum Gasteiger partial charge on any atom is 0.261 e. The predicted octanol–water partition coefficient (Wildman–Crippen LogP) is 5.81. The number of hydrogen-bond acceptors (Lipinski definition) is 3. The molecule has 0 radical (unpaired) electrons. The van der Waals surface area contributed by atoms with Gasteiger partial charge in [0.15, 0.2) is 6.61 Å². The number of rotatable bonds is 8. The third kappa shape index (κ3) is 6.31. The largest absolute Gasteiger partial charge is 0.484 e. The van der Waals surface area contributed by atoms with E-state index in [0.717, 1.165) is 31.2 Å². The first-order valence-electron chi connectivity index (χ1n) is 10.7. The van der Waals surface area contributed by atoms with Crippen LogP contribution in [0, 0.1) is 6.92 Å². The Hall–Kier alpha value is -1.95. The lowest BCUT2D eigenvalue weighted by atomic mass is 10.1. The monoisotopic (exact) mass is 496 g/mol. The van der Waals surface area contributed by atoms with Crippen LogP contribution >= 0.6 is 34.8 Å². The lowest BCUT2D eigenvalue weighted by molar-refractivity contribution is -0.142. The van der Waals surface area contributed by atoms with Crippen LogP contribution < -0.4 is 10.1 Å². The van der Waals surface area contributed by atoms with Crippen LogP contribution in [-0.4, -0.2) is 35.4 Å². The molecular weight excluding hydrogens is 471 g/mol. The molecule has 32 heavy (non-hydrogen) atoms. The molecule has 0 saturated heterocycles. The third-order valence-corrected chi connectivity index (χ3v) is 6.88. The zero-order chi connectivity index (χ0) is 23.3.